The van der Waals surface area contributed by atoms with E-state index in [9.17, 15) is 0 Å². The summed E-state index contributed by atoms with van der Waals surface area (Å²) in [5.74, 6) is 1.94. The second-order valence-corrected chi connectivity index (χ2v) is 14.8. The molecule has 2 aromatic heterocycles. The van der Waals surface area contributed by atoms with Crippen LogP contribution in [0.2, 0.25) is 0 Å². The maximum Gasteiger partial charge on any atom is 0.164 e. The average molecular weight is 754 g/mol. The van der Waals surface area contributed by atoms with E-state index < -0.39 is 0 Å². The van der Waals surface area contributed by atoms with Crippen LogP contribution in [-0.4, -0.2) is 15.0 Å². The first-order valence-corrected chi connectivity index (χ1v) is 19.8. The lowest BCUT2D eigenvalue weighted by Crippen LogP contribution is -2.00. The Balaban J connectivity index is 0.937. The lowest BCUT2D eigenvalue weighted by atomic mass is 9.93. The third-order valence-corrected chi connectivity index (χ3v) is 11.2. The van der Waals surface area contributed by atoms with Crippen LogP contribution in [0.4, 0.5) is 0 Å². The van der Waals surface area contributed by atoms with Crippen LogP contribution in [-0.2, 0) is 0 Å². The summed E-state index contributed by atoms with van der Waals surface area (Å²) in [6.45, 7) is 0. The second kappa shape index (κ2) is 14.5. The minimum absolute atomic E-state index is 0.638. The molecule has 0 radical (unpaired) electrons. The second-order valence-electron chi connectivity index (χ2n) is 14.8. The summed E-state index contributed by atoms with van der Waals surface area (Å²) in [6, 6.07) is 74.1. The first-order chi connectivity index (χ1) is 29.2. The quantitative estimate of drug-likeness (QED) is 0.163. The molecule has 0 N–H and O–H groups in total. The van der Waals surface area contributed by atoms with Crippen molar-refractivity contribution in [3.8, 4) is 78.7 Å². The largest absolute Gasteiger partial charge is 0.455 e. The molecule has 59 heavy (non-hydrogen) atoms. The summed E-state index contributed by atoms with van der Waals surface area (Å²) < 4.78 is 6.86. The molecular weight excluding hydrogens is 719 g/mol. The molecule has 0 fully saturated rings. The topological polar surface area (TPSA) is 51.8 Å². The summed E-state index contributed by atoms with van der Waals surface area (Å²) in [5.41, 5.74) is 13.8. The molecule has 9 aromatic carbocycles. The van der Waals surface area contributed by atoms with Crippen molar-refractivity contribution in [2.75, 3.05) is 0 Å². The van der Waals surface area contributed by atoms with Crippen LogP contribution >= 0.6 is 0 Å². The van der Waals surface area contributed by atoms with Gasteiger partial charge in [0.2, 0.25) is 0 Å². The van der Waals surface area contributed by atoms with Crippen LogP contribution in [0.25, 0.3) is 111 Å². The number of aromatic nitrogens is 3. The highest BCUT2D eigenvalue weighted by Crippen LogP contribution is 2.43. The van der Waals surface area contributed by atoms with Crippen LogP contribution in [0.3, 0.4) is 0 Å². The van der Waals surface area contributed by atoms with Crippen LogP contribution < -0.4 is 0 Å². The van der Waals surface area contributed by atoms with Gasteiger partial charge in [0, 0.05) is 38.4 Å². The molecule has 11 rings (SSSR count). The molecule has 0 atom stereocenters. The minimum Gasteiger partial charge on any atom is -0.455 e. The van der Waals surface area contributed by atoms with Crippen molar-refractivity contribution in [1.82, 2.24) is 15.0 Å². The van der Waals surface area contributed by atoms with Gasteiger partial charge in [0.05, 0.1) is 0 Å². The van der Waals surface area contributed by atoms with Gasteiger partial charge in [-0.3, -0.25) is 0 Å². The molecule has 0 amide bonds. The molecule has 4 nitrogen and oxygen atoms in total. The molecule has 0 spiro atoms. The van der Waals surface area contributed by atoms with Gasteiger partial charge >= 0.3 is 0 Å². The number of nitrogens with zero attached hydrogens (tertiary/aromatic N) is 3. The number of rotatable bonds is 7. The van der Waals surface area contributed by atoms with E-state index in [-0.39, 0.29) is 0 Å². The Morgan fingerprint density at radius 1 is 0.237 bits per heavy atom. The Morgan fingerprint density at radius 2 is 0.644 bits per heavy atom. The molecule has 0 aliphatic rings. The standard InChI is InChI=1S/C55H35N3O/c1-4-14-36(15-5-1)43-20-12-21-44(34-43)49-35-50-48-25-13-24-45(51(48)59-52(50)47-23-11-10-22-46(47)49)39-30-26-37(27-31-39)38-28-32-42(33-29-38)55-57-53(40-16-6-2-7-17-40)56-54(58-55)41-18-8-3-9-19-41/h1-35H. The molecule has 11 aromatic rings. The lowest BCUT2D eigenvalue weighted by molar-refractivity contribution is 0.674. The molecule has 4 heteroatoms. The normalized spacial score (nSPS) is 11.4. The van der Waals surface area contributed by atoms with Crippen molar-refractivity contribution in [2.45, 2.75) is 0 Å². The van der Waals surface area contributed by atoms with Crippen molar-refractivity contribution < 1.29 is 4.42 Å². The van der Waals surface area contributed by atoms with Gasteiger partial charge in [0.1, 0.15) is 11.2 Å². The first kappa shape index (κ1) is 34.3. The minimum atomic E-state index is 0.638. The number of hydrogen-bond donors (Lipinski definition) is 0. The van der Waals surface area contributed by atoms with Crippen molar-refractivity contribution in [3.63, 3.8) is 0 Å². The highest BCUT2D eigenvalue weighted by atomic mass is 16.3. The van der Waals surface area contributed by atoms with E-state index in [4.69, 9.17) is 19.4 Å². The number of fused-ring (bicyclic) bond motifs is 5. The van der Waals surface area contributed by atoms with Gasteiger partial charge in [0.15, 0.2) is 17.5 Å². The number of furan rings is 1. The fraction of sp³-hybridized carbons (Fsp3) is 0. The number of hydrogen-bond acceptors (Lipinski definition) is 4. The summed E-state index contributed by atoms with van der Waals surface area (Å²) in [5, 5.41) is 4.50. The van der Waals surface area contributed by atoms with Crippen LogP contribution in [0.5, 0.6) is 0 Å². The molecule has 0 bridgehead atoms. The summed E-state index contributed by atoms with van der Waals surface area (Å²) in [7, 11) is 0. The SMILES string of the molecule is c1ccc(-c2cccc(-c3cc4c5cccc(-c6ccc(-c7ccc(-c8nc(-c9ccccc9)nc(-c9ccccc9)n8)cc7)cc6)c5oc4c4ccccc34)c2)cc1. The van der Waals surface area contributed by atoms with E-state index in [1.807, 2.05) is 60.7 Å². The molecule has 0 aliphatic heterocycles. The molecule has 0 aliphatic carbocycles. The van der Waals surface area contributed by atoms with E-state index >= 15 is 0 Å². The monoisotopic (exact) mass is 753 g/mol. The molecule has 0 saturated carbocycles. The summed E-state index contributed by atoms with van der Waals surface area (Å²) in [6.07, 6.45) is 0. The summed E-state index contributed by atoms with van der Waals surface area (Å²) in [4.78, 5) is 14.7. The van der Waals surface area contributed by atoms with Crippen molar-refractivity contribution in [2.24, 2.45) is 0 Å². The van der Waals surface area contributed by atoms with Gasteiger partial charge in [-0.05, 0) is 56.5 Å². The van der Waals surface area contributed by atoms with Gasteiger partial charge in [-0.1, -0.05) is 200 Å². The average Bonchev–Trinajstić information content (AvgIpc) is 3.71. The predicted molar refractivity (Wildman–Crippen MR) is 243 cm³/mol. The molecular formula is C55H35N3O. The Labute approximate surface area is 341 Å². The van der Waals surface area contributed by atoms with Gasteiger partial charge in [0.25, 0.3) is 0 Å². The van der Waals surface area contributed by atoms with E-state index in [0.29, 0.717) is 17.5 Å². The molecule has 0 unspecified atom stereocenters. The molecule has 276 valence electrons. The Morgan fingerprint density at radius 3 is 1.25 bits per heavy atom. The smallest absolute Gasteiger partial charge is 0.164 e. The zero-order valence-electron chi connectivity index (χ0n) is 32.0. The van der Waals surface area contributed by atoms with Crippen molar-refractivity contribution >= 4 is 32.7 Å². The maximum absolute atomic E-state index is 6.86. The highest BCUT2D eigenvalue weighted by molar-refractivity contribution is 6.20. The fourth-order valence-electron chi connectivity index (χ4n) is 8.17. The van der Waals surface area contributed by atoms with Crippen LogP contribution in [0, 0.1) is 0 Å². The molecule has 2 heterocycles. The van der Waals surface area contributed by atoms with Crippen molar-refractivity contribution in [1.29, 1.82) is 0 Å². The third kappa shape index (κ3) is 6.34. The summed E-state index contributed by atoms with van der Waals surface area (Å²) >= 11 is 0. The zero-order valence-corrected chi connectivity index (χ0v) is 32.0. The number of para-hydroxylation sites is 1. The van der Waals surface area contributed by atoms with Gasteiger partial charge in [-0.25, -0.2) is 15.0 Å². The van der Waals surface area contributed by atoms with Gasteiger partial charge in [-0.15, -0.1) is 0 Å². The Hall–Kier alpha value is -7.95. The van der Waals surface area contributed by atoms with E-state index in [1.165, 1.54) is 27.6 Å². The predicted octanol–water partition coefficient (Wildman–Crippen LogP) is 14.6. The maximum atomic E-state index is 6.86. The van der Waals surface area contributed by atoms with Crippen molar-refractivity contribution in [3.05, 3.63) is 212 Å². The number of benzene rings is 9. The third-order valence-electron chi connectivity index (χ3n) is 11.2. The van der Waals surface area contributed by atoms with E-state index in [1.54, 1.807) is 0 Å². The Kier molecular flexibility index (Phi) is 8.45. The van der Waals surface area contributed by atoms with Crippen LogP contribution in [0.15, 0.2) is 217 Å². The fourth-order valence-corrected chi connectivity index (χ4v) is 8.17. The van der Waals surface area contributed by atoms with Gasteiger partial charge < -0.3 is 4.42 Å². The Bertz CT molecular complexity index is 3230. The molecule has 0 saturated heterocycles. The lowest BCUT2D eigenvalue weighted by Gasteiger charge is -2.10. The van der Waals surface area contributed by atoms with E-state index in [2.05, 4.69) is 152 Å². The highest BCUT2D eigenvalue weighted by Gasteiger charge is 2.18. The zero-order chi connectivity index (χ0) is 39.1. The van der Waals surface area contributed by atoms with E-state index in [0.717, 1.165) is 66.3 Å². The first-order valence-electron chi connectivity index (χ1n) is 19.8. The van der Waals surface area contributed by atoms with Crippen LogP contribution in [0.1, 0.15) is 0 Å². The van der Waals surface area contributed by atoms with Gasteiger partial charge in [-0.2, -0.15) is 0 Å².